The van der Waals surface area contributed by atoms with E-state index in [1.807, 2.05) is 0 Å². The number of esters is 1. The van der Waals surface area contributed by atoms with E-state index in [0.29, 0.717) is 0 Å². The minimum Gasteiger partial charge on any atom is -0.461 e. The molecule has 1 N–H and O–H groups in total. The molecule has 0 unspecified atom stereocenters. The first-order chi connectivity index (χ1) is 9.95. The fourth-order valence-corrected chi connectivity index (χ4v) is 3.24. The van der Waals surface area contributed by atoms with E-state index in [1.165, 1.54) is 4.90 Å². The molecule has 7 heteroatoms. The summed E-state index contributed by atoms with van der Waals surface area (Å²) in [6.07, 6.45) is 3.41. The molecule has 0 saturated heterocycles. The maximum Gasteiger partial charge on any atom is 0.367 e. The number of ether oxygens (including phenoxy) is 1. The van der Waals surface area contributed by atoms with E-state index < -0.39 is 11.6 Å². The van der Waals surface area contributed by atoms with E-state index in [9.17, 15) is 14.7 Å². The third kappa shape index (κ3) is 3.79. The topological polar surface area (TPSA) is 79.7 Å². The van der Waals surface area contributed by atoms with Gasteiger partial charge < -0.3 is 14.7 Å². The molecule has 21 heavy (non-hydrogen) atoms. The zero-order valence-electron chi connectivity index (χ0n) is 12.3. The van der Waals surface area contributed by atoms with Gasteiger partial charge in [0.2, 0.25) is 5.01 Å². The van der Waals surface area contributed by atoms with Crippen molar-refractivity contribution in [3.63, 3.8) is 0 Å². The summed E-state index contributed by atoms with van der Waals surface area (Å²) in [5.74, 6) is -0.805. The molecule has 0 bridgehead atoms. The van der Waals surface area contributed by atoms with E-state index >= 15 is 0 Å². The van der Waals surface area contributed by atoms with Crippen molar-refractivity contribution in [1.82, 2.24) is 9.88 Å². The Kier molecular flexibility index (Phi) is 4.95. The minimum absolute atomic E-state index is 0.174. The van der Waals surface area contributed by atoms with Crippen LogP contribution in [0.25, 0.3) is 0 Å². The van der Waals surface area contributed by atoms with Crippen molar-refractivity contribution in [1.29, 1.82) is 0 Å². The number of amides is 1. The summed E-state index contributed by atoms with van der Waals surface area (Å²) >= 11 is 1.09. The molecule has 1 fully saturated rings. The van der Waals surface area contributed by atoms with Crippen LogP contribution in [0.5, 0.6) is 0 Å². The van der Waals surface area contributed by atoms with E-state index in [2.05, 4.69) is 4.98 Å². The number of carbonyl (C=O) groups excluding carboxylic acids is 2. The van der Waals surface area contributed by atoms with Crippen molar-refractivity contribution in [3.8, 4) is 0 Å². The van der Waals surface area contributed by atoms with Crippen molar-refractivity contribution >= 4 is 23.2 Å². The highest BCUT2D eigenvalue weighted by molar-refractivity contribution is 7.11. The Balaban J connectivity index is 2.00. The number of thiazole rings is 1. The van der Waals surface area contributed by atoms with Crippen LogP contribution in [0, 0.1) is 0 Å². The lowest BCUT2D eigenvalue weighted by Gasteiger charge is -2.28. The summed E-state index contributed by atoms with van der Waals surface area (Å²) in [6.45, 7) is 2.28. The number of likely N-dealkylation sites (N-methyl/N-ethyl adjacent to an activating group) is 1. The van der Waals surface area contributed by atoms with E-state index in [0.717, 1.165) is 37.0 Å². The lowest BCUT2D eigenvalue weighted by atomic mass is 10.0. The van der Waals surface area contributed by atoms with Gasteiger partial charge in [0.1, 0.15) is 5.69 Å². The SMILES string of the molecule is CCOC(=O)c1nc(C(=O)N(C)CC2(O)CCCC2)cs1. The molecule has 116 valence electrons. The summed E-state index contributed by atoms with van der Waals surface area (Å²) < 4.78 is 4.85. The average molecular weight is 312 g/mol. The fourth-order valence-electron chi connectivity index (χ4n) is 2.56. The van der Waals surface area contributed by atoms with Gasteiger partial charge in [-0.15, -0.1) is 11.3 Å². The second-order valence-electron chi connectivity index (χ2n) is 5.35. The van der Waals surface area contributed by atoms with Gasteiger partial charge in [-0.3, -0.25) is 4.79 Å². The molecule has 0 aliphatic heterocycles. The second-order valence-corrected chi connectivity index (χ2v) is 6.21. The Labute approximate surface area is 127 Å². The Morgan fingerprint density at radius 1 is 1.48 bits per heavy atom. The molecule has 1 aromatic heterocycles. The van der Waals surface area contributed by atoms with Crippen molar-refractivity contribution < 1.29 is 19.4 Å². The van der Waals surface area contributed by atoms with Crippen LogP contribution in [0.2, 0.25) is 0 Å². The van der Waals surface area contributed by atoms with Gasteiger partial charge in [-0.2, -0.15) is 0 Å². The first-order valence-corrected chi connectivity index (χ1v) is 7.93. The number of aliphatic hydroxyl groups is 1. The molecule has 1 heterocycles. The predicted molar refractivity (Wildman–Crippen MR) is 78.4 cm³/mol. The number of rotatable bonds is 5. The molecule has 0 radical (unpaired) electrons. The monoisotopic (exact) mass is 312 g/mol. The van der Waals surface area contributed by atoms with Gasteiger partial charge in [0.25, 0.3) is 5.91 Å². The summed E-state index contributed by atoms with van der Waals surface area (Å²) in [6, 6.07) is 0. The van der Waals surface area contributed by atoms with Crippen LogP contribution in [0.3, 0.4) is 0 Å². The quantitative estimate of drug-likeness (QED) is 0.837. The standard InChI is InChI=1S/C14H20N2O4S/c1-3-20-13(18)11-15-10(8-21-11)12(17)16(2)9-14(19)6-4-5-7-14/h8,19H,3-7,9H2,1-2H3. The van der Waals surface area contributed by atoms with Crippen LogP contribution in [0.15, 0.2) is 5.38 Å². The molecule has 1 aliphatic rings. The van der Waals surface area contributed by atoms with Crippen LogP contribution in [-0.2, 0) is 4.74 Å². The largest absolute Gasteiger partial charge is 0.461 e. The van der Waals surface area contributed by atoms with E-state index in [1.54, 1.807) is 19.4 Å². The first-order valence-electron chi connectivity index (χ1n) is 7.06. The Morgan fingerprint density at radius 3 is 2.76 bits per heavy atom. The summed E-state index contributed by atoms with van der Waals surface area (Å²) in [4.78, 5) is 29.3. The lowest BCUT2D eigenvalue weighted by molar-refractivity contribution is 0.0155. The molecule has 1 saturated carbocycles. The highest BCUT2D eigenvalue weighted by Gasteiger charge is 2.34. The molecule has 1 aromatic rings. The highest BCUT2D eigenvalue weighted by atomic mass is 32.1. The van der Waals surface area contributed by atoms with Crippen LogP contribution >= 0.6 is 11.3 Å². The van der Waals surface area contributed by atoms with Crippen molar-refractivity contribution in [2.45, 2.75) is 38.2 Å². The van der Waals surface area contributed by atoms with Crippen molar-refractivity contribution in [2.75, 3.05) is 20.2 Å². The highest BCUT2D eigenvalue weighted by Crippen LogP contribution is 2.30. The van der Waals surface area contributed by atoms with Gasteiger partial charge in [0.05, 0.1) is 12.2 Å². The number of carbonyl (C=O) groups is 2. The zero-order chi connectivity index (χ0) is 15.5. The predicted octanol–water partition coefficient (Wildman–Crippen LogP) is 1.70. The molecule has 6 nitrogen and oxygen atoms in total. The van der Waals surface area contributed by atoms with E-state index in [4.69, 9.17) is 4.74 Å². The maximum absolute atomic E-state index is 12.3. The van der Waals surface area contributed by atoms with Crippen LogP contribution in [0.1, 0.15) is 52.9 Å². The summed E-state index contributed by atoms with van der Waals surface area (Å²) in [7, 11) is 1.64. The van der Waals surface area contributed by atoms with Gasteiger partial charge in [0.15, 0.2) is 0 Å². The average Bonchev–Trinajstić information content (AvgIpc) is 3.07. The number of nitrogens with zero attached hydrogens (tertiary/aromatic N) is 2. The Bertz CT molecular complexity index is 523. The molecular weight excluding hydrogens is 292 g/mol. The number of hydrogen-bond acceptors (Lipinski definition) is 6. The Hall–Kier alpha value is -1.47. The Morgan fingerprint density at radius 2 is 2.14 bits per heavy atom. The fraction of sp³-hybridized carbons (Fsp3) is 0.643. The molecule has 2 rings (SSSR count). The summed E-state index contributed by atoms with van der Waals surface area (Å²) in [5, 5.41) is 12.1. The van der Waals surface area contributed by atoms with Gasteiger partial charge in [-0.25, -0.2) is 9.78 Å². The van der Waals surface area contributed by atoms with Crippen LogP contribution in [-0.4, -0.2) is 52.7 Å². The molecule has 1 amide bonds. The van der Waals surface area contributed by atoms with Crippen LogP contribution in [0.4, 0.5) is 0 Å². The maximum atomic E-state index is 12.3. The van der Waals surface area contributed by atoms with Crippen molar-refractivity contribution in [3.05, 3.63) is 16.1 Å². The van der Waals surface area contributed by atoms with Crippen LogP contribution < -0.4 is 0 Å². The van der Waals surface area contributed by atoms with Gasteiger partial charge in [0, 0.05) is 19.0 Å². The third-order valence-corrected chi connectivity index (χ3v) is 4.41. The smallest absolute Gasteiger partial charge is 0.367 e. The van der Waals surface area contributed by atoms with Crippen molar-refractivity contribution in [2.24, 2.45) is 0 Å². The number of hydrogen-bond donors (Lipinski definition) is 1. The third-order valence-electron chi connectivity index (χ3n) is 3.59. The van der Waals surface area contributed by atoms with Gasteiger partial charge >= 0.3 is 5.97 Å². The first kappa shape index (κ1) is 15.9. The second kappa shape index (κ2) is 6.53. The zero-order valence-corrected chi connectivity index (χ0v) is 13.1. The molecular formula is C14H20N2O4S. The molecule has 0 atom stereocenters. The molecule has 0 aromatic carbocycles. The number of aromatic nitrogens is 1. The molecule has 0 spiro atoms. The summed E-state index contributed by atoms with van der Waals surface area (Å²) in [5.41, 5.74) is -0.572. The minimum atomic E-state index is -0.787. The normalized spacial score (nSPS) is 16.7. The molecule has 1 aliphatic carbocycles. The van der Waals surface area contributed by atoms with Gasteiger partial charge in [-0.1, -0.05) is 12.8 Å². The van der Waals surface area contributed by atoms with E-state index in [-0.39, 0.29) is 29.8 Å². The van der Waals surface area contributed by atoms with Gasteiger partial charge in [-0.05, 0) is 19.8 Å². The lowest BCUT2D eigenvalue weighted by Crippen LogP contribution is -2.42.